The Morgan fingerprint density at radius 3 is 2.67 bits per heavy atom. The second-order valence-corrected chi connectivity index (χ2v) is 6.65. The summed E-state index contributed by atoms with van der Waals surface area (Å²) in [6.07, 6.45) is 4.24. The van der Waals surface area contributed by atoms with Gasteiger partial charge in [-0.1, -0.05) is 26.0 Å². The molecule has 0 saturated carbocycles. The number of fused-ring (bicyclic) bond motifs is 1. The molecule has 0 unspecified atom stereocenters. The van der Waals surface area contributed by atoms with E-state index in [1.54, 1.807) is 12.4 Å². The Kier molecular flexibility index (Phi) is 4.71. The van der Waals surface area contributed by atoms with Crippen molar-refractivity contribution in [3.05, 3.63) is 48.8 Å². The first kappa shape index (κ1) is 16.3. The summed E-state index contributed by atoms with van der Waals surface area (Å²) < 4.78 is 0. The zero-order chi connectivity index (χ0) is 17.0. The Labute approximate surface area is 141 Å². The smallest absolute Gasteiger partial charge is 0.163 e. The van der Waals surface area contributed by atoms with E-state index in [1.807, 2.05) is 36.4 Å². The molecule has 3 aromatic rings. The van der Waals surface area contributed by atoms with Gasteiger partial charge in [-0.2, -0.15) is 0 Å². The van der Waals surface area contributed by atoms with Crippen LogP contribution in [0.15, 0.2) is 48.8 Å². The van der Waals surface area contributed by atoms with Crippen molar-refractivity contribution in [1.29, 1.82) is 0 Å². The maximum Gasteiger partial charge on any atom is 0.163 e. The summed E-state index contributed by atoms with van der Waals surface area (Å²) in [5.74, 6) is 1.47. The molecular formula is C19H22N4O. The molecule has 2 heterocycles. The second kappa shape index (κ2) is 6.93. The second-order valence-electron chi connectivity index (χ2n) is 6.65. The number of hydrogen-bond acceptors (Lipinski definition) is 5. The molecule has 0 saturated heterocycles. The Balaban J connectivity index is 1.99. The van der Waals surface area contributed by atoms with Crippen LogP contribution in [-0.4, -0.2) is 33.2 Å². The number of pyridine rings is 1. The van der Waals surface area contributed by atoms with Crippen molar-refractivity contribution in [3.63, 3.8) is 0 Å². The molecule has 124 valence electrons. The molecule has 0 aliphatic heterocycles. The summed E-state index contributed by atoms with van der Waals surface area (Å²) in [5, 5.41) is 13.6. The Morgan fingerprint density at radius 1 is 1.08 bits per heavy atom. The van der Waals surface area contributed by atoms with Gasteiger partial charge in [0.15, 0.2) is 5.82 Å². The number of benzene rings is 1. The number of aliphatic hydroxyl groups is 1. The number of anilines is 1. The van der Waals surface area contributed by atoms with Crippen LogP contribution in [0.1, 0.15) is 20.3 Å². The number of nitrogens with zero attached hydrogens (tertiary/aromatic N) is 3. The molecule has 2 aromatic heterocycles. The minimum atomic E-state index is -0.0186. The summed E-state index contributed by atoms with van der Waals surface area (Å²) in [7, 11) is 0. The lowest BCUT2D eigenvalue weighted by atomic mass is 9.90. The molecule has 1 aromatic carbocycles. The molecule has 0 amide bonds. The number of hydrogen-bond donors (Lipinski definition) is 2. The van der Waals surface area contributed by atoms with Gasteiger partial charge in [-0.25, -0.2) is 9.97 Å². The fourth-order valence-electron chi connectivity index (χ4n) is 2.55. The number of para-hydroxylation sites is 1. The maximum absolute atomic E-state index is 9.20. The monoisotopic (exact) mass is 322 g/mol. The topological polar surface area (TPSA) is 70.9 Å². The molecule has 24 heavy (non-hydrogen) atoms. The quantitative estimate of drug-likeness (QED) is 0.726. The van der Waals surface area contributed by atoms with E-state index in [9.17, 15) is 5.11 Å². The molecule has 5 heteroatoms. The predicted octanol–water partition coefficient (Wildman–Crippen LogP) is 3.51. The normalized spacial score (nSPS) is 11.6. The average molecular weight is 322 g/mol. The van der Waals surface area contributed by atoms with Crippen LogP contribution in [-0.2, 0) is 0 Å². The number of nitrogens with one attached hydrogen (secondary N) is 1. The number of rotatable bonds is 6. The molecular weight excluding hydrogens is 300 g/mol. The highest BCUT2D eigenvalue weighted by atomic mass is 16.3. The summed E-state index contributed by atoms with van der Waals surface area (Å²) in [4.78, 5) is 13.5. The molecule has 2 N–H and O–H groups in total. The van der Waals surface area contributed by atoms with Crippen molar-refractivity contribution in [2.24, 2.45) is 5.41 Å². The first-order valence-corrected chi connectivity index (χ1v) is 8.11. The van der Waals surface area contributed by atoms with Crippen LogP contribution in [0.25, 0.3) is 22.3 Å². The lowest BCUT2D eigenvalue weighted by Crippen LogP contribution is -2.24. The van der Waals surface area contributed by atoms with Gasteiger partial charge in [0.1, 0.15) is 5.82 Å². The Hall–Kier alpha value is -2.53. The maximum atomic E-state index is 9.20. The highest BCUT2D eigenvalue weighted by Crippen LogP contribution is 2.26. The third-order valence-electron chi connectivity index (χ3n) is 4.05. The van der Waals surface area contributed by atoms with Crippen molar-refractivity contribution < 1.29 is 5.11 Å². The van der Waals surface area contributed by atoms with Crippen molar-refractivity contribution in [3.8, 4) is 11.4 Å². The largest absolute Gasteiger partial charge is 0.396 e. The molecule has 0 radical (unpaired) electrons. The van der Waals surface area contributed by atoms with E-state index in [2.05, 4.69) is 29.1 Å². The van der Waals surface area contributed by atoms with E-state index in [1.165, 1.54) is 0 Å². The lowest BCUT2D eigenvalue weighted by Gasteiger charge is -2.24. The van der Waals surface area contributed by atoms with Crippen molar-refractivity contribution in [1.82, 2.24) is 15.0 Å². The summed E-state index contributed by atoms with van der Waals surface area (Å²) in [6, 6.07) is 11.8. The van der Waals surface area contributed by atoms with Gasteiger partial charge < -0.3 is 10.4 Å². The van der Waals surface area contributed by atoms with Gasteiger partial charge >= 0.3 is 0 Å². The van der Waals surface area contributed by atoms with Crippen LogP contribution in [0.2, 0.25) is 0 Å². The third-order valence-corrected chi connectivity index (χ3v) is 4.05. The summed E-state index contributed by atoms with van der Waals surface area (Å²) >= 11 is 0. The van der Waals surface area contributed by atoms with E-state index in [4.69, 9.17) is 4.98 Å². The minimum Gasteiger partial charge on any atom is -0.396 e. The third kappa shape index (κ3) is 3.68. The highest BCUT2D eigenvalue weighted by Gasteiger charge is 2.18. The minimum absolute atomic E-state index is 0.0186. The molecule has 0 fully saturated rings. The summed E-state index contributed by atoms with van der Waals surface area (Å²) in [5.41, 5.74) is 1.77. The van der Waals surface area contributed by atoms with Gasteiger partial charge in [0.2, 0.25) is 0 Å². The average Bonchev–Trinajstić information content (AvgIpc) is 2.60. The van der Waals surface area contributed by atoms with Crippen LogP contribution in [0.3, 0.4) is 0 Å². The van der Waals surface area contributed by atoms with E-state index < -0.39 is 0 Å². The van der Waals surface area contributed by atoms with Crippen LogP contribution in [0, 0.1) is 5.41 Å². The number of aliphatic hydroxyl groups excluding tert-OH is 1. The highest BCUT2D eigenvalue weighted by molar-refractivity contribution is 5.90. The van der Waals surface area contributed by atoms with Gasteiger partial charge in [-0.05, 0) is 36.1 Å². The van der Waals surface area contributed by atoms with Gasteiger partial charge in [0.05, 0.1) is 5.52 Å². The SMILES string of the molecule is CC(C)(CCO)CNc1nc(-c2cccnc2)nc2ccccc12. The summed E-state index contributed by atoms with van der Waals surface area (Å²) in [6.45, 7) is 5.16. The Bertz CT molecular complexity index is 818. The van der Waals surface area contributed by atoms with Crippen LogP contribution in [0.4, 0.5) is 5.82 Å². The van der Waals surface area contributed by atoms with Crippen molar-refractivity contribution in [2.45, 2.75) is 20.3 Å². The predicted molar refractivity (Wildman–Crippen MR) is 96.7 cm³/mol. The molecule has 0 bridgehead atoms. The number of aromatic nitrogens is 3. The fourth-order valence-corrected chi connectivity index (χ4v) is 2.55. The molecule has 0 aliphatic carbocycles. The van der Waals surface area contributed by atoms with Gasteiger partial charge in [-0.3, -0.25) is 4.98 Å². The van der Waals surface area contributed by atoms with Crippen LogP contribution < -0.4 is 5.32 Å². The van der Waals surface area contributed by atoms with Crippen LogP contribution in [0.5, 0.6) is 0 Å². The van der Waals surface area contributed by atoms with Gasteiger partial charge in [0, 0.05) is 36.5 Å². The van der Waals surface area contributed by atoms with E-state index >= 15 is 0 Å². The molecule has 3 rings (SSSR count). The standard InChI is InChI=1S/C19H22N4O/c1-19(2,9-11-24)13-21-18-15-7-3-4-8-16(15)22-17(23-18)14-6-5-10-20-12-14/h3-8,10,12,24H,9,11,13H2,1-2H3,(H,21,22,23). The first-order chi connectivity index (χ1) is 11.6. The zero-order valence-electron chi connectivity index (χ0n) is 14.0. The zero-order valence-corrected chi connectivity index (χ0v) is 14.0. The molecule has 0 spiro atoms. The molecule has 5 nitrogen and oxygen atoms in total. The van der Waals surface area contributed by atoms with E-state index in [0.29, 0.717) is 5.82 Å². The van der Waals surface area contributed by atoms with Crippen LogP contribution >= 0.6 is 0 Å². The van der Waals surface area contributed by atoms with Crippen molar-refractivity contribution in [2.75, 3.05) is 18.5 Å². The van der Waals surface area contributed by atoms with E-state index in [0.717, 1.165) is 35.2 Å². The lowest BCUT2D eigenvalue weighted by molar-refractivity contribution is 0.220. The Morgan fingerprint density at radius 2 is 1.92 bits per heavy atom. The fraction of sp³-hybridized carbons (Fsp3) is 0.316. The molecule has 0 atom stereocenters. The molecule has 0 aliphatic rings. The van der Waals surface area contributed by atoms with E-state index in [-0.39, 0.29) is 12.0 Å². The van der Waals surface area contributed by atoms with Gasteiger partial charge in [-0.15, -0.1) is 0 Å². The first-order valence-electron chi connectivity index (χ1n) is 8.11. The van der Waals surface area contributed by atoms with Crippen molar-refractivity contribution >= 4 is 16.7 Å². The van der Waals surface area contributed by atoms with Gasteiger partial charge in [0.25, 0.3) is 0 Å².